The molecule has 3 aromatic carbocycles. The molecule has 2 heterocycles. The van der Waals surface area contributed by atoms with Crippen molar-refractivity contribution in [1.29, 1.82) is 0 Å². The highest BCUT2D eigenvalue weighted by Crippen LogP contribution is 2.41. The molecule has 5 rings (SSSR count). The van der Waals surface area contributed by atoms with Gasteiger partial charge < -0.3 is 5.32 Å². The molecule has 4 nitrogen and oxygen atoms in total. The van der Waals surface area contributed by atoms with Crippen LogP contribution in [0.1, 0.15) is 36.1 Å². The van der Waals surface area contributed by atoms with Gasteiger partial charge >= 0.3 is 0 Å². The van der Waals surface area contributed by atoms with Gasteiger partial charge in [-0.15, -0.1) is 0 Å². The fraction of sp³-hybridized carbons (Fsp3) is 0.154. The van der Waals surface area contributed by atoms with E-state index in [-0.39, 0.29) is 11.9 Å². The van der Waals surface area contributed by atoms with Gasteiger partial charge in [0.15, 0.2) is 0 Å². The highest BCUT2D eigenvalue weighted by molar-refractivity contribution is 6.31. The summed E-state index contributed by atoms with van der Waals surface area (Å²) in [6.07, 6.45) is 0.673. The molecule has 2 aliphatic rings. The summed E-state index contributed by atoms with van der Waals surface area (Å²) >= 11 is 6.37. The monoisotopic (exact) mass is 427 g/mol. The van der Waals surface area contributed by atoms with E-state index in [4.69, 9.17) is 16.7 Å². The molecular formula is C26H22ClN3O. The Bertz CT molecular complexity index is 1200. The molecule has 3 aromatic rings. The standard InChI is InChI=1S/C26H22ClN3O/c1-17(31)30-25(18-8-4-2-5-9-18)15-24(29-30)22-16-28-23-13-12-20(27)14-21(23)26(22)19-10-6-3-7-11-19/h2-14,25,28H,15-16H2,1H3. The van der Waals surface area contributed by atoms with E-state index in [0.717, 1.165) is 39.2 Å². The van der Waals surface area contributed by atoms with E-state index in [1.807, 2.05) is 54.6 Å². The summed E-state index contributed by atoms with van der Waals surface area (Å²) < 4.78 is 0. The lowest BCUT2D eigenvalue weighted by atomic mass is 9.85. The van der Waals surface area contributed by atoms with Gasteiger partial charge in [-0.3, -0.25) is 4.79 Å². The topological polar surface area (TPSA) is 44.7 Å². The number of nitrogens with one attached hydrogen (secondary N) is 1. The zero-order valence-electron chi connectivity index (χ0n) is 17.2. The number of nitrogens with zero attached hydrogens (tertiary/aromatic N) is 2. The number of carbonyl (C=O) groups is 1. The Labute approximate surface area is 186 Å². The highest BCUT2D eigenvalue weighted by Gasteiger charge is 2.34. The third-order valence-electron chi connectivity index (χ3n) is 5.84. The molecule has 0 fully saturated rings. The molecule has 1 amide bonds. The van der Waals surface area contributed by atoms with Crippen LogP contribution in [0.2, 0.25) is 5.02 Å². The van der Waals surface area contributed by atoms with E-state index in [1.54, 1.807) is 11.9 Å². The lowest BCUT2D eigenvalue weighted by Crippen LogP contribution is -2.24. The van der Waals surface area contributed by atoms with Crippen LogP contribution < -0.4 is 5.32 Å². The quantitative estimate of drug-likeness (QED) is 0.564. The molecule has 0 spiro atoms. The second-order valence-electron chi connectivity index (χ2n) is 7.80. The Balaban J connectivity index is 1.66. The van der Waals surface area contributed by atoms with Crippen molar-refractivity contribution in [1.82, 2.24) is 5.01 Å². The summed E-state index contributed by atoms with van der Waals surface area (Å²) in [7, 11) is 0. The minimum absolute atomic E-state index is 0.0575. The summed E-state index contributed by atoms with van der Waals surface area (Å²) in [6.45, 7) is 2.22. The Hall–Kier alpha value is -3.37. The smallest absolute Gasteiger partial charge is 0.240 e. The van der Waals surface area contributed by atoms with Gasteiger partial charge in [0.1, 0.15) is 0 Å². The number of hydrogen-bond donors (Lipinski definition) is 1. The Kier molecular flexibility index (Phi) is 5.08. The first-order valence-electron chi connectivity index (χ1n) is 10.4. The van der Waals surface area contributed by atoms with Crippen molar-refractivity contribution in [2.45, 2.75) is 19.4 Å². The largest absolute Gasteiger partial charge is 0.380 e. The van der Waals surface area contributed by atoms with Crippen molar-refractivity contribution in [2.24, 2.45) is 5.10 Å². The van der Waals surface area contributed by atoms with E-state index in [1.165, 1.54) is 0 Å². The fourth-order valence-corrected chi connectivity index (χ4v) is 4.58. The fourth-order valence-electron chi connectivity index (χ4n) is 4.41. The van der Waals surface area contributed by atoms with Crippen LogP contribution in [-0.4, -0.2) is 23.2 Å². The minimum Gasteiger partial charge on any atom is -0.380 e. The lowest BCUT2D eigenvalue weighted by Gasteiger charge is -2.25. The van der Waals surface area contributed by atoms with Gasteiger partial charge in [-0.05, 0) is 34.9 Å². The van der Waals surface area contributed by atoms with Crippen LogP contribution in [0.25, 0.3) is 5.57 Å². The first-order valence-corrected chi connectivity index (χ1v) is 10.7. The Morgan fingerprint density at radius 1 is 1.03 bits per heavy atom. The first kappa shape index (κ1) is 19.6. The molecule has 1 N–H and O–H groups in total. The SMILES string of the molecule is CC(=O)N1N=C(C2=C(c3ccccc3)c3cc(Cl)ccc3NC2)CC1c1ccccc1. The van der Waals surface area contributed by atoms with Crippen molar-refractivity contribution in [3.63, 3.8) is 0 Å². The van der Waals surface area contributed by atoms with Crippen LogP contribution in [0.5, 0.6) is 0 Å². The van der Waals surface area contributed by atoms with Crippen molar-refractivity contribution in [2.75, 3.05) is 11.9 Å². The van der Waals surface area contributed by atoms with E-state index in [9.17, 15) is 4.79 Å². The molecule has 0 saturated heterocycles. The number of rotatable bonds is 3. The number of carbonyl (C=O) groups excluding carboxylic acids is 1. The molecule has 0 aromatic heterocycles. The molecule has 0 bridgehead atoms. The second kappa shape index (κ2) is 8.05. The van der Waals surface area contributed by atoms with E-state index in [2.05, 4.69) is 29.6 Å². The maximum absolute atomic E-state index is 12.4. The maximum Gasteiger partial charge on any atom is 0.240 e. The van der Waals surface area contributed by atoms with Crippen LogP contribution >= 0.6 is 11.6 Å². The maximum atomic E-state index is 12.4. The summed E-state index contributed by atoms with van der Waals surface area (Å²) in [5, 5.41) is 10.6. The summed E-state index contributed by atoms with van der Waals surface area (Å²) in [5.41, 5.74) is 7.46. The number of fused-ring (bicyclic) bond motifs is 1. The Morgan fingerprint density at radius 2 is 1.74 bits per heavy atom. The molecule has 0 saturated carbocycles. The molecule has 0 radical (unpaired) electrons. The summed E-state index contributed by atoms with van der Waals surface area (Å²) in [6, 6.07) is 26.2. The van der Waals surface area contributed by atoms with Crippen LogP contribution in [-0.2, 0) is 4.79 Å². The van der Waals surface area contributed by atoms with Gasteiger partial charge in [-0.2, -0.15) is 5.10 Å². The molecule has 31 heavy (non-hydrogen) atoms. The second-order valence-corrected chi connectivity index (χ2v) is 8.24. The number of amides is 1. The molecule has 2 aliphatic heterocycles. The number of halogens is 1. The van der Waals surface area contributed by atoms with Crippen molar-refractivity contribution < 1.29 is 4.79 Å². The first-order chi connectivity index (χ1) is 15.1. The molecule has 154 valence electrons. The summed E-state index contributed by atoms with van der Waals surface area (Å²) in [4.78, 5) is 12.4. The van der Waals surface area contributed by atoms with Gasteiger partial charge in [0.2, 0.25) is 5.91 Å². The average Bonchev–Trinajstić information content (AvgIpc) is 3.25. The van der Waals surface area contributed by atoms with Crippen LogP contribution in [0, 0.1) is 0 Å². The van der Waals surface area contributed by atoms with Gasteiger partial charge in [0.25, 0.3) is 0 Å². The molecule has 1 unspecified atom stereocenters. The van der Waals surface area contributed by atoms with Crippen molar-refractivity contribution in [3.8, 4) is 0 Å². The number of anilines is 1. The van der Waals surface area contributed by atoms with Crippen LogP contribution in [0.15, 0.2) is 89.5 Å². The molecule has 0 aliphatic carbocycles. The van der Waals surface area contributed by atoms with E-state index in [0.29, 0.717) is 18.0 Å². The van der Waals surface area contributed by atoms with Crippen LogP contribution in [0.4, 0.5) is 5.69 Å². The third kappa shape index (κ3) is 3.64. The van der Waals surface area contributed by atoms with Crippen molar-refractivity contribution in [3.05, 3.63) is 106 Å². The summed E-state index contributed by atoms with van der Waals surface area (Å²) in [5.74, 6) is -0.0575. The zero-order chi connectivity index (χ0) is 21.4. The van der Waals surface area contributed by atoms with E-state index < -0.39 is 0 Å². The predicted octanol–water partition coefficient (Wildman–Crippen LogP) is 5.92. The predicted molar refractivity (Wildman–Crippen MR) is 126 cm³/mol. The highest BCUT2D eigenvalue weighted by atomic mass is 35.5. The molecular weight excluding hydrogens is 406 g/mol. The third-order valence-corrected chi connectivity index (χ3v) is 6.07. The van der Waals surface area contributed by atoms with Gasteiger partial charge in [0.05, 0.1) is 11.8 Å². The number of hydrazone groups is 1. The minimum atomic E-state index is -0.0982. The van der Waals surface area contributed by atoms with Crippen LogP contribution in [0.3, 0.4) is 0 Å². The Morgan fingerprint density at radius 3 is 2.45 bits per heavy atom. The van der Waals surface area contributed by atoms with E-state index >= 15 is 0 Å². The number of hydrogen-bond acceptors (Lipinski definition) is 3. The van der Waals surface area contributed by atoms with Crippen molar-refractivity contribution >= 4 is 34.5 Å². The normalized spacial score (nSPS) is 17.8. The molecule has 5 heteroatoms. The van der Waals surface area contributed by atoms with Gasteiger partial charge in [0, 0.05) is 41.7 Å². The van der Waals surface area contributed by atoms with Gasteiger partial charge in [-0.1, -0.05) is 72.3 Å². The molecule has 1 atom stereocenters. The van der Waals surface area contributed by atoms with Gasteiger partial charge in [-0.25, -0.2) is 5.01 Å². The zero-order valence-corrected chi connectivity index (χ0v) is 17.9. The average molecular weight is 428 g/mol. The lowest BCUT2D eigenvalue weighted by molar-refractivity contribution is -0.130. The number of benzene rings is 3.